The molecule has 1 aliphatic rings. The molecule has 0 fully saturated rings. The summed E-state index contributed by atoms with van der Waals surface area (Å²) in [7, 11) is 0.896. The largest absolute Gasteiger partial charge is 0.131 e. The van der Waals surface area contributed by atoms with Crippen molar-refractivity contribution in [3.8, 4) is 0 Å². The standard InChI is InChI=1S/C13H17P/c1-8-5-12(6-9(8)2)13-11(4)10(3)7-14-13/h5,7,14H,6H2,1-4H3. The van der Waals surface area contributed by atoms with Crippen LogP contribution in [0.15, 0.2) is 23.0 Å². The molecule has 1 heterocycles. The predicted molar refractivity (Wildman–Crippen MR) is 66.4 cm³/mol. The summed E-state index contributed by atoms with van der Waals surface area (Å²) in [6, 6.07) is 0. The average molecular weight is 204 g/mol. The fourth-order valence-corrected chi connectivity index (χ4v) is 3.29. The molecule has 0 amide bonds. The van der Waals surface area contributed by atoms with Crippen LogP contribution in [-0.4, -0.2) is 0 Å². The molecule has 0 radical (unpaired) electrons. The Morgan fingerprint density at radius 3 is 2.29 bits per heavy atom. The SMILES string of the molecule is CC1=C(C)CC(c2[pH]cc(C)c2C)=C1. The lowest BCUT2D eigenvalue weighted by Crippen LogP contribution is -1.81. The van der Waals surface area contributed by atoms with Crippen LogP contribution in [0.4, 0.5) is 0 Å². The van der Waals surface area contributed by atoms with Gasteiger partial charge in [0.2, 0.25) is 0 Å². The molecule has 0 saturated carbocycles. The third-order valence-electron chi connectivity index (χ3n) is 3.24. The molecule has 0 bridgehead atoms. The second kappa shape index (κ2) is 3.44. The van der Waals surface area contributed by atoms with Crippen LogP contribution < -0.4 is 0 Å². The normalized spacial score (nSPS) is 17.0. The van der Waals surface area contributed by atoms with E-state index in [4.69, 9.17) is 0 Å². The molecule has 0 N–H and O–H groups in total. The van der Waals surface area contributed by atoms with E-state index in [0.29, 0.717) is 0 Å². The fourth-order valence-electron chi connectivity index (χ4n) is 1.95. The Hall–Kier alpha value is -0.740. The first kappa shape index (κ1) is 9.80. The van der Waals surface area contributed by atoms with Gasteiger partial charge in [0.05, 0.1) is 0 Å². The van der Waals surface area contributed by atoms with Gasteiger partial charge in [0.1, 0.15) is 0 Å². The van der Waals surface area contributed by atoms with Gasteiger partial charge in [0.15, 0.2) is 0 Å². The molecule has 0 saturated heterocycles. The summed E-state index contributed by atoms with van der Waals surface area (Å²) in [5.74, 6) is 2.37. The highest BCUT2D eigenvalue weighted by atomic mass is 31.0. The summed E-state index contributed by atoms with van der Waals surface area (Å²) in [5.41, 5.74) is 7.55. The number of aryl methyl sites for hydroxylation is 1. The van der Waals surface area contributed by atoms with E-state index in [1.165, 1.54) is 28.7 Å². The van der Waals surface area contributed by atoms with Crippen molar-refractivity contribution in [3.05, 3.63) is 39.4 Å². The maximum absolute atomic E-state index is 2.37. The van der Waals surface area contributed by atoms with Crippen LogP contribution in [0.25, 0.3) is 5.57 Å². The van der Waals surface area contributed by atoms with E-state index in [9.17, 15) is 0 Å². The van der Waals surface area contributed by atoms with E-state index in [-0.39, 0.29) is 0 Å². The molecule has 1 atom stereocenters. The molecule has 1 unspecified atom stereocenters. The summed E-state index contributed by atoms with van der Waals surface area (Å²) in [5, 5.41) is 1.60. The van der Waals surface area contributed by atoms with Crippen LogP contribution in [0.5, 0.6) is 0 Å². The summed E-state index contributed by atoms with van der Waals surface area (Å²) in [4.78, 5) is 0. The highest BCUT2D eigenvalue weighted by Gasteiger charge is 2.14. The minimum atomic E-state index is 0.896. The molecule has 1 heteroatoms. The Balaban J connectivity index is 2.37. The Kier molecular flexibility index (Phi) is 2.41. The van der Waals surface area contributed by atoms with Crippen LogP contribution in [0, 0.1) is 13.8 Å². The lowest BCUT2D eigenvalue weighted by atomic mass is 10.1. The summed E-state index contributed by atoms with van der Waals surface area (Å²) < 4.78 is 0. The van der Waals surface area contributed by atoms with Gasteiger partial charge in [-0.2, -0.15) is 0 Å². The second-order valence-corrected chi connectivity index (χ2v) is 5.36. The fraction of sp³-hybridized carbons (Fsp3) is 0.385. The van der Waals surface area contributed by atoms with Crippen LogP contribution in [-0.2, 0) is 0 Å². The minimum absolute atomic E-state index is 0.896. The van der Waals surface area contributed by atoms with E-state index in [2.05, 4.69) is 39.6 Å². The van der Waals surface area contributed by atoms with Crippen LogP contribution >= 0.6 is 8.19 Å². The molecule has 1 aliphatic carbocycles. The van der Waals surface area contributed by atoms with Gasteiger partial charge in [-0.25, -0.2) is 0 Å². The topological polar surface area (TPSA) is 0 Å². The van der Waals surface area contributed by atoms with Gasteiger partial charge in [-0.05, 0) is 61.9 Å². The number of rotatable bonds is 1. The van der Waals surface area contributed by atoms with Gasteiger partial charge in [-0.1, -0.05) is 17.2 Å². The van der Waals surface area contributed by atoms with Crippen molar-refractivity contribution < 1.29 is 0 Å². The quantitative estimate of drug-likeness (QED) is 0.633. The lowest BCUT2D eigenvalue weighted by molar-refractivity contribution is 1.23. The van der Waals surface area contributed by atoms with Crippen LogP contribution in [0.3, 0.4) is 0 Å². The van der Waals surface area contributed by atoms with E-state index in [1.54, 1.807) is 10.9 Å². The van der Waals surface area contributed by atoms with Crippen molar-refractivity contribution >= 4 is 13.8 Å². The maximum Gasteiger partial charge on any atom is -0.00234 e. The van der Waals surface area contributed by atoms with Gasteiger partial charge in [0.25, 0.3) is 0 Å². The van der Waals surface area contributed by atoms with E-state index in [0.717, 1.165) is 8.19 Å². The first-order valence-corrected chi connectivity index (χ1v) is 6.19. The van der Waals surface area contributed by atoms with Crippen LogP contribution in [0.1, 0.15) is 36.7 Å². The van der Waals surface area contributed by atoms with Crippen molar-refractivity contribution in [3.63, 3.8) is 0 Å². The number of hydrogen-bond acceptors (Lipinski definition) is 0. The zero-order valence-electron chi connectivity index (χ0n) is 9.36. The van der Waals surface area contributed by atoms with Crippen molar-refractivity contribution in [1.29, 1.82) is 0 Å². The van der Waals surface area contributed by atoms with E-state index in [1.807, 2.05) is 0 Å². The zero-order chi connectivity index (χ0) is 10.3. The molecule has 0 spiro atoms. The third-order valence-corrected chi connectivity index (χ3v) is 4.80. The Labute approximate surface area is 87.8 Å². The van der Waals surface area contributed by atoms with Gasteiger partial charge in [-0.3, -0.25) is 0 Å². The third kappa shape index (κ3) is 1.48. The van der Waals surface area contributed by atoms with Gasteiger partial charge < -0.3 is 0 Å². The summed E-state index contributed by atoms with van der Waals surface area (Å²) in [6.45, 7) is 8.94. The lowest BCUT2D eigenvalue weighted by Gasteiger charge is -2.02. The average Bonchev–Trinajstić information content (AvgIpc) is 2.61. The van der Waals surface area contributed by atoms with Crippen molar-refractivity contribution in [2.45, 2.75) is 34.1 Å². The maximum atomic E-state index is 2.37. The van der Waals surface area contributed by atoms with Crippen molar-refractivity contribution in [1.82, 2.24) is 0 Å². The Morgan fingerprint density at radius 1 is 1.14 bits per heavy atom. The van der Waals surface area contributed by atoms with E-state index >= 15 is 0 Å². The zero-order valence-corrected chi connectivity index (χ0v) is 10.4. The van der Waals surface area contributed by atoms with E-state index < -0.39 is 0 Å². The number of hydrogen-bond donors (Lipinski definition) is 0. The molecule has 0 aromatic carbocycles. The van der Waals surface area contributed by atoms with Crippen LogP contribution in [0.2, 0.25) is 0 Å². The van der Waals surface area contributed by atoms with Gasteiger partial charge >= 0.3 is 0 Å². The molecule has 14 heavy (non-hydrogen) atoms. The molecule has 2 rings (SSSR count). The summed E-state index contributed by atoms with van der Waals surface area (Å²) >= 11 is 0. The molecule has 1 aromatic rings. The smallest absolute Gasteiger partial charge is 0.00234 e. The Bertz CT molecular complexity index is 430. The molecule has 74 valence electrons. The molecular weight excluding hydrogens is 187 g/mol. The molecule has 0 nitrogen and oxygen atoms in total. The van der Waals surface area contributed by atoms with Gasteiger partial charge in [0, 0.05) is 0 Å². The van der Waals surface area contributed by atoms with Gasteiger partial charge in [-0.15, -0.1) is 8.19 Å². The predicted octanol–water partition coefficient (Wildman–Crippen LogP) is 4.46. The second-order valence-electron chi connectivity index (χ2n) is 4.28. The van der Waals surface area contributed by atoms with Crippen molar-refractivity contribution in [2.75, 3.05) is 0 Å². The molecule has 0 aliphatic heterocycles. The monoisotopic (exact) mass is 204 g/mol. The van der Waals surface area contributed by atoms with Crippen molar-refractivity contribution in [2.24, 2.45) is 0 Å². The highest BCUT2D eigenvalue weighted by Crippen LogP contribution is 2.39. The Morgan fingerprint density at radius 2 is 1.86 bits per heavy atom. The summed E-state index contributed by atoms with van der Waals surface area (Å²) in [6.07, 6.45) is 3.54. The highest BCUT2D eigenvalue weighted by molar-refractivity contribution is 7.31. The first-order valence-electron chi connectivity index (χ1n) is 5.11. The number of allylic oxidation sites excluding steroid dienone is 4. The minimum Gasteiger partial charge on any atom is -0.131 e. The first-order chi connectivity index (χ1) is 6.59. The molecular formula is C13H17P. The molecule has 1 aromatic heterocycles.